The van der Waals surface area contributed by atoms with Crippen molar-refractivity contribution >= 4 is 29.3 Å². The van der Waals surface area contributed by atoms with E-state index in [1.54, 1.807) is 11.8 Å². The maximum absolute atomic E-state index is 12.0. The highest BCUT2D eigenvalue weighted by Crippen LogP contribution is 2.10. The van der Waals surface area contributed by atoms with Crippen molar-refractivity contribution in [3.05, 3.63) is 54.6 Å². The molecule has 0 spiro atoms. The fourth-order valence-electron chi connectivity index (χ4n) is 2.88. The van der Waals surface area contributed by atoms with Gasteiger partial charge < -0.3 is 15.5 Å². The van der Waals surface area contributed by atoms with Gasteiger partial charge in [-0.1, -0.05) is 13.8 Å². The molecule has 0 radical (unpaired) electrons. The van der Waals surface area contributed by atoms with Crippen LogP contribution in [0.2, 0.25) is 0 Å². The molecule has 8 heteroatoms. The summed E-state index contributed by atoms with van der Waals surface area (Å²) < 4.78 is 3.75. The molecule has 2 N–H and O–H groups in total. The molecule has 0 aliphatic carbocycles. The first-order chi connectivity index (χ1) is 14.8. The molecule has 2 amide bonds. The lowest BCUT2D eigenvalue weighted by Crippen LogP contribution is -2.43. The number of hydrogen-bond donors (Lipinski definition) is 2. The highest BCUT2D eigenvalue weighted by atomic mass is 32.2. The second-order valence-corrected chi connectivity index (χ2v) is 9.12. The molecule has 0 atom stereocenters. The number of hydrogen-bond acceptors (Lipinski definition) is 4. The Morgan fingerprint density at radius 1 is 0.871 bits per heavy atom. The molecule has 2 aromatic heterocycles. The Balaban J connectivity index is 1.52. The van der Waals surface area contributed by atoms with Crippen molar-refractivity contribution in [1.82, 2.24) is 10.6 Å². The van der Waals surface area contributed by atoms with E-state index in [0.29, 0.717) is 32.1 Å². The Labute approximate surface area is 189 Å². The number of amides is 2. The second-order valence-electron chi connectivity index (χ2n) is 7.89. The maximum Gasteiger partial charge on any atom is 0.286 e. The molecular weight excluding hydrogens is 410 g/mol. The molecule has 0 aliphatic rings. The van der Waals surface area contributed by atoms with Crippen LogP contribution in [0.4, 0.5) is 5.69 Å². The van der Waals surface area contributed by atoms with Gasteiger partial charge in [0.05, 0.1) is 0 Å². The second kappa shape index (κ2) is 12.9. The summed E-state index contributed by atoms with van der Waals surface area (Å²) >= 11 is 1.71. The smallest absolute Gasteiger partial charge is 0.286 e. The third-order valence-corrected chi connectivity index (χ3v) is 5.75. The topological polar surface area (TPSA) is 69.2 Å². The van der Waals surface area contributed by atoms with E-state index in [1.165, 1.54) is 5.56 Å². The largest absolute Gasteiger partial charge is 0.377 e. The normalized spacial score (nSPS) is 10.7. The fourth-order valence-corrected chi connectivity index (χ4v) is 3.58. The predicted molar refractivity (Wildman–Crippen MR) is 125 cm³/mol. The predicted octanol–water partition coefficient (Wildman–Crippen LogP) is 1.12. The molecule has 0 saturated carbocycles. The molecular formula is C23H35N5O2S+2. The van der Waals surface area contributed by atoms with Crippen molar-refractivity contribution in [1.29, 1.82) is 0 Å². The molecule has 31 heavy (non-hydrogen) atoms. The van der Waals surface area contributed by atoms with Crippen LogP contribution in [0, 0.1) is 0 Å². The molecule has 0 saturated heterocycles. The number of carbonyl (C=O) groups is 2. The summed E-state index contributed by atoms with van der Waals surface area (Å²) in [6.45, 7) is 6.18. The van der Waals surface area contributed by atoms with E-state index < -0.39 is 0 Å². The zero-order chi connectivity index (χ0) is 22.6. The van der Waals surface area contributed by atoms with E-state index in [4.69, 9.17) is 0 Å². The quantitative estimate of drug-likeness (QED) is 0.379. The Bertz CT molecular complexity index is 753. The SMILES string of the molecule is CC(C)c1cc[n+](CC(=O)NCCSCCNC(=O)C[n+]2ccc(N(C)C)cc2)cc1. The summed E-state index contributed by atoms with van der Waals surface area (Å²) in [6, 6.07) is 8.08. The monoisotopic (exact) mass is 445 g/mol. The van der Waals surface area contributed by atoms with Crippen LogP contribution in [0.25, 0.3) is 0 Å². The number of rotatable bonds is 12. The minimum Gasteiger partial charge on any atom is -0.377 e. The van der Waals surface area contributed by atoms with Crippen LogP contribution in [0.5, 0.6) is 0 Å². The van der Waals surface area contributed by atoms with E-state index in [0.717, 1.165) is 17.2 Å². The van der Waals surface area contributed by atoms with Crippen LogP contribution in [-0.2, 0) is 22.7 Å². The summed E-state index contributed by atoms with van der Waals surface area (Å²) in [5.41, 5.74) is 2.36. The fraction of sp³-hybridized carbons (Fsp3) is 0.478. The number of pyridine rings is 2. The van der Waals surface area contributed by atoms with E-state index in [1.807, 2.05) is 65.0 Å². The van der Waals surface area contributed by atoms with Gasteiger partial charge in [0.1, 0.15) is 0 Å². The third-order valence-electron chi connectivity index (χ3n) is 4.76. The van der Waals surface area contributed by atoms with Crippen molar-refractivity contribution in [3.63, 3.8) is 0 Å². The van der Waals surface area contributed by atoms with Gasteiger partial charge in [0.2, 0.25) is 13.1 Å². The minimum atomic E-state index is -0.00276. The first-order valence-electron chi connectivity index (χ1n) is 10.6. The summed E-state index contributed by atoms with van der Waals surface area (Å²) in [4.78, 5) is 26.1. The summed E-state index contributed by atoms with van der Waals surface area (Å²) in [5.74, 6) is 2.13. The number of thioether (sulfide) groups is 1. The lowest BCUT2D eigenvalue weighted by atomic mass is 10.1. The molecule has 0 aromatic carbocycles. The highest BCUT2D eigenvalue weighted by Gasteiger charge is 2.10. The van der Waals surface area contributed by atoms with Gasteiger partial charge in [-0.25, -0.2) is 0 Å². The molecule has 0 fully saturated rings. The number of carbonyl (C=O) groups excluding carboxylic acids is 2. The zero-order valence-electron chi connectivity index (χ0n) is 19.0. The molecule has 0 unspecified atom stereocenters. The summed E-state index contributed by atoms with van der Waals surface area (Å²) in [5, 5.41) is 5.87. The number of aromatic nitrogens is 2. The first-order valence-corrected chi connectivity index (χ1v) is 11.8. The minimum absolute atomic E-state index is 0.00276. The van der Waals surface area contributed by atoms with Gasteiger partial charge in [0.15, 0.2) is 24.8 Å². The molecule has 2 rings (SSSR count). The standard InChI is InChI=1S/C23H33N5O2S/c1-19(2)20-5-11-27(12-6-20)17-22(29)24-9-15-31-16-10-25-23(30)18-28-13-7-21(8-14-28)26(3)4/h5-8,11-14,19H,9-10,15-18H2,1-4H3/p+2. The van der Waals surface area contributed by atoms with Gasteiger partial charge in [0.25, 0.3) is 11.8 Å². The van der Waals surface area contributed by atoms with Crippen LogP contribution < -0.4 is 24.7 Å². The third kappa shape index (κ3) is 9.38. The van der Waals surface area contributed by atoms with Gasteiger partial charge in [-0.05, 0) is 11.5 Å². The first kappa shape index (κ1) is 24.7. The van der Waals surface area contributed by atoms with Gasteiger partial charge in [-0.15, -0.1) is 0 Å². The highest BCUT2D eigenvalue weighted by molar-refractivity contribution is 7.99. The molecule has 0 bridgehead atoms. The number of nitrogens with zero attached hydrogens (tertiary/aromatic N) is 3. The van der Waals surface area contributed by atoms with Crippen LogP contribution in [-0.4, -0.2) is 50.5 Å². The molecule has 7 nitrogen and oxygen atoms in total. The summed E-state index contributed by atoms with van der Waals surface area (Å²) in [6.07, 6.45) is 7.70. The Morgan fingerprint density at radius 2 is 1.32 bits per heavy atom. The van der Waals surface area contributed by atoms with Crippen LogP contribution in [0.15, 0.2) is 49.1 Å². The van der Waals surface area contributed by atoms with E-state index in [-0.39, 0.29) is 11.8 Å². The average molecular weight is 446 g/mol. The molecule has 2 heterocycles. The lowest BCUT2D eigenvalue weighted by molar-refractivity contribution is -0.684. The Morgan fingerprint density at radius 3 is 1.74 bits per heavy atom. The average Bonchev–Trinajstić information content (AvgIpc) is 2.73. The van der Waals surface area contributed by atoms with E-state index in [2.05, 4.69) is 36.6 Å². The molecule has 0 aliphatic heterocycles. The van der Waals surface area contributed by atoms with Gasteiger partial charge >= 0.3 is 0 Å². The van der Waals surface area contributed by atoms with Crippen molar-refractivity contribution in [3.8, 4) is 0 Å². The van der Waals surface area contributed by atoms with Crippen molar-refractivity contribution in [2.45, 2.75) is 32.9 Å². The zero-order valence-corrected chi connectivity index (χ0v) is 19.8. The van der Waals surface area contributed by atoms with Crippen molar-refractivity contribution in [2.24, 2.45) is 0 Å². The van der Waals surface area contributed by atoms with E-state index in [9.17, 15) is 9.59 Å². The molecule has 2 aromatic rings. The van der Waals surface area contributed by atoms with Gasteiger partial charge in [0, 0.05) is 68.6 Å². The van der Waals surface area contributed by atoms with Crippen LogP contribution in [0.1, 0.15) is 25.3 Å². The maximum atomic E-state index is 12.0. The number of anilines is 1. The van der Waals surface area contributed by atoms with E-state index >= 15 is 0 Å². The Kier molecular flexibility index (Phi) is 10.3. The summed E-state index contributed by atoms with van der Waals surface area (Å²) in [7, 11) is 3.97. The van der Waals surface area contributed by atoms with Crippen LogP contribution in [0.3, 0.4) is 0 Å². The van der Waals surface area contributed by atoms with Gasteiger partial charge in [-0.2, -0.15) is 20.9 Å². The lowest BCUT2D eigenvalue weighted by Gasteiger charge is -2.10. The van der Waals surface area contributed by atoms with Crippen molar-refractivity contribution in [2.75, 3.05) is 43.6 Å². The van der Waals surface area contributed by atoms with Gasteiger partial charge in [-0.3, -0.25) is 9.59 Å². The molecule has 168 valence electrons. The Hall–Kier alpha value is -2.61. The van der Waals surface area contributed by atoms with Crippen molar-refractivity contribution < 1.29 is 18.7 Å². The number of nitrogens with one attached hydrogen (secondary N) is 2. The van der Waals surface area contributed by atoms with Crippen LogP contribution >= 0.6 is 11.8 Å².